The van der Waals surface area contributed by atoms with Gasteiger partial charge in [0.2, 0.25) is 0 Å². The fourth-order valence-corrected chi connectivity index (χ4v) is 3.26. The van der Waals surface area contributed by atoms with Crippen molar-refractivity contribution in [2.75, 3.05) is 26.8 Å². The Kier molecular flexibility index (Phi) is 7.24. The number of methoxy groups -OCH3 is 1. The average molecular weight is 431 g/mol. The Morgan fingerprint density at radius 2 is 1.93 bits per heavy atom. The summed E-state index contributed by atoms with van der Waals surface area (Å²) in [7, 11) is 1.64. The third-order valence-electron chi connectivity index (χ3n) is 4.91. The Labute approximate surface area is 182 Å². The van der Waals surface area contributed by atoms with Crippen LogP contribution >= 0.6 is 11.6 Å². The van der Waals surface area contributed by atoms with E-state index in [4.69, 9.17) is 31.5 Å². The molecule has 1 unspecified atom stereocenters. The van der Waals surface area contributed by atoms with E-state index >= 15 is 0 Å². The molecule has 0 spiro atoms. The van der Waals surface area contributed by atoms with E-state index in [1.165, 1.54) is 0 Å². The third kappa shape index (κ3) is 5.26. The number of benzene rings is 2. The molecule has 1 aliphatic heterocycles. The van der Waals surface area contributed by atoms with Crippen molar-refractivity contribution < 1.29 is 19.0 Å². The number of nitrogens with two attached hydrogens (primary N) is 1. The highest BCUT2D eigenvalue weighted by Gasteiger charge is 2.22. The molecule has 0 aliphatic carbocycles. The number of ether oxygens (including phenoxy) is 3. The first-order chi connectivity index (χ1) is 14.4. The van der Waals surface area contributed by atoms with Crippen molar-refractivity contribution in [1.29, 1.82) is 0 Å². The van der Waals surface area contributed by atoms with E-state index in [9.17, 15) is 4.79 Å². The maximum Gasteiger partial charge on any atom is 0.253 e. The van der Waals surface area contributed by atoms with E-state index in [-0.39, 0.29) is 12.0 Å². The Bertz CT molecular complexity index is 927. The van der Waals surface area contributed by atoms with Crippen molar-refractivity contribution in [2.24, 2.45) is 5.73 Å². The molecule has 1 fully saturated rings. The van der Waals surface area contributed by atoms with Crippen LogP contribution in [0.15, 0.2) is 43.0 Å². The average Bonchev–Trinajstić information content (AvgIpc) is 2.67. The van der Waals surface area contributed by atoms with E-state index in [0.717, 1.165) is 25.9 Å². The van der Waals surface area contributed by atoms with Gasteiger partial charge in [-0.1, -0.05) is 25.1 Å². The number of nitrogens with zero attached hydrogens (tertiary/aromatic N) is 1. The number of carbonyl (C=O) groups excluding carboxylic acids is 1. The molecule has 3 rings (SSSR count). The molecule has 160 valence electrons. The van der Waals surface area contributed by atoms with Crippen LogP contribution in [-0.2, 0) is 4.74 Å². The van der Waals surface area contributed by atoms with Crippen LogP contribution in [0.1, 0.15) is 35.7 Å². The Morgan fingerprint density at radius 1 is 1.20 bits per heavy atom. The number of hydrogen-bond donors (Lipinski definition) is 1. The molecule has 2 aromatic carbocycles. The van der Waals surface area contributed by atoms with E-state index in [2.05, 4.69) is 6.58 Å². The molecule has 0 radical (unpaired) electrons. The molecule has 30 heavy (non-hydrogen) atoms. The van der Waals surface area contributed by atoms with Crippen LogP contribution in [0, 0.1) is 0 Å². The second kappa shape index (κ2) is 9.87. The first kappa shape index (κ1) is 22.0. The summed E-state index contributed by atoms with van der Waals surface area (Å²) >= 11 is 6.39. The molecular formula is C23H27ClN2O4. The molecular weight excluding hydrogens is 404 g/mol. The summed E-state index contributed by atoms with van der Waals surface area (Å²) in [5.74, 6) is 1.52. The molecule has 7 heteroatoms. The van der Waals surface area contributed by atoms with Gasteiger partial charge in [-0.2, -0.15) is 0 Å². The quantitative estimate of drug-likeness (QED) is 0.623. The molecule has 0 aromatic heterocycles. The number of amides is 1. The summed E-state index contributed by atoms with van der Waals surface area (Å²) in [6, 6.07) is 10.4. The van der Waals surface area contributed by atoms with Crippen LogP contribution < -0.4 is 15.2 Å². The number of halogens is 1. The lowest BCUT2D eigenvalue weighted by molar-refractivity contribution is 0.0652. The van der Waals surface area contributed by atoms with E-state index in [0.29, 0.717) is 45.7 Å². The van der Waals surface area contributed by atoms with Gasteiger partial charge in [-0.15, -0.1) is 0 Å². The first-order valence-corrected chi connectivity index (χ1v) is 10.3. The van der Waals surface area contributed by atoms with Gasteiger partial charge in [-0.25, -0.2) is 0 Å². The van der Waals surface area contributed by atoms with Crippen LogP contribution in [-0.4, -0.2) is 43.7 Å². The van der Waals surface area contributed by atoms with Gasteiger partial charge in [0.1, 0.15) is 23.4 Å². The van der Waals surface area contributed by atoms with Gasteiger partial charge >= 0.3 is 0 Å². The smallest absolute Gasteiger partial charge is 0.253 e. The van der Waals surface area contributed by atoms with Crippen LogP contribution in [0.3, 0.4) is 0 Å². The monoisotopic (exact) mass is 430 g/mol. The van der Waals surface area contributed by atoms with Gasteiger partial charge in [0.15, 0.2) is 0 Å². The molecule has 1 saturated heterocycles. The highest BCUT2D eigenvalue weighted by molar-refractivity contribution is 6.32. The lowest BCUT2D eigenvalue weighted by Crippen LogP contribution is -2.41. The van der Waals surface area contributed by atoms with Crippen molar-refractivity contribution in [2.45, 2.75) is 25.9 Å². The number of hydrogen-bond acceptors (Lipinski definition) is 5. The highest BCUT2D eigenvalue weighted by Crippen LogP contribution is 2.34. The molecule has 2 aromatic rings. The maximum atomic E-state index is 12.4. The third-order valence-corrected chi connectivity index (χ3v) is 5.21. The first-order valence-electron chi connectivity index (χ1n) is 9.93. The summed E-state index contributed by atoms with van der Waals surface area (Å²) in [4.78, 5) is 14.2. The summed E-state index contributed by atoms with van der Waals surface area (Å²) in [5, 5.41) is 0.353. The van der Waals surface area contributed by atoms with Gasteiger partial charge < -0.3 is 24.8 Å². The lowest BCUT2D eigenvalue weighted by atomic mass is 10.1. The Balaban J connectivity index is 1.82. The number of carbonyl (C=O) groups is 1. The predicted octanol–water partition coefficient (Wildman–Crippen LogP) is 4.71. The second-order valence-corrected chi connectivity index (χ2v) is 7.62. The molecule has 2 N–H and O–H groups in total. The Hall–Kier alpha value is -2.70. The predicted molar refractivity (Wildman–Crippen MR) is 118 cm³/mol. The zero-order valence-electron chi connectivity index (χ0n) is 17.3. The van der Waals surface area contributed by atoms with Gasteiger partial charge in [0.25, 0.3) is 5.91 Å². The SMILES string of the molecule is C=C(N)c1cc(Oc2ccc(C(=O)N3CCC3)cc2Cl)cc(OC(CC)COC)c1. The largest absolute Gasteiger partial charge is 0.488 e. The normalized spacial score (nSPS) is 14.0. The van der Waals surface area contributed by atoms with E-state index in [1.54, 1.807) is 42.3 Å². The van der Waals surface area contributed by atoms with Crippen LogP contribution in [0.5, 0.6) is 17.2 Å². The van der Waals surface area contributed by atoms with Gasteiger partial charge in [0, 0.05) is 43.1 Å². The van der Waals surface area contributed by atoms with Gasteiger partial charge in [-0.05, 0) is 43.2 Å². The van der Waals surface area contributed by atoms with Crippen LogP contribution in [0.4, 0.5) is 0 Å². The van der Waals surface area contributed by atoms with Gasteiger partial charge in [0.05, 0.1) is 11.6 Å². The summed E-state index contributed by atoms with van der Waals surface area (Å²) in [5.41, 5.74) is 7.53. The minimum Gasteiger partial charge on any atom is -0.488 e. The zero-order chi connectivity index (χ0) is 21.7. The lowest BCUT2D eigenvalue weighted by Gasteiger charge is -2.31. The molecule has 0 bridgehead atoms. The molecule has 1 amide bonds. The van der Waals surface area contributed by atoms with E-state index in [1.807, 2.05) is 13.0 Å². The molecule has 1 atom stereocenters. The topological polar surface area (TPSA) is 74.0 Å². The van der Waals surface area contributed by atoms with Crippen LogP contribution in [0.2, 0.25) is 5.02 Å². The number of likely N-dealkylation sites (tertiary alicyclic amines) is 1. The Morgan fingerprint density at radius 3 is 2.50 bits per heavy atom. The second-order valence-electron chi connectivity index (χ2n) is 7.21. The number of rotatable bonds is 9. The van der Waals surface area contributed by atoms with Crippen LogP contribution in [0.25, 0.3) is 5.70 Å². The van der Waals surface area contributed by atoms with Crippen molar-refractivity contribution in [3.05, 3.63) is 59.1 Å². The fourth-order valence-electron chi connectivity index (χ4n) is 3.04. The van der Waals surface area contributed by atoms with Crippen molar-refractivity contribution in [1.82, 2.24) is 4.90 Å². The summed E-state index contributed by atoms with van der Waals surface area (Å²) in [6.45, 7) is 7.87. The summed E-state index contributed by atoms with van der Waals surface area (Å²) < 4.78 is 17.2. The highest BCUT2D eigenvalue weighted by atomic mass is 35.5. The molecule has 0 saturated carbocycles. The van der Waals surface area contributed by atoms with Crippen molar-refractivity contribution >= 4 is 23.2 Å². The standard InChI is InChI=1S/C23H27ClN2O4/c1-4-18(14-28-3)29-19-10-17(15(2)25)11-20(13-19)30-22-7-6-16(12-21(22)24)23(27)26-8-5-9-26/h6-7,10-13,18H,2,4-5,8-9,14,25H2,1,3H3. The maximum absolute atomic E-state index is 12.4. The summed E-state index contributed by atoms with van der Waals surface area (Å²) in [6.07, 6.45) is 1.73. The minimum absolute atomic E-state index is 0.0180. The van der Waals surface area contributed by atoms with Crippen molar-refractivity contribution in [3.8, 4) is 17.2 Å². The minimum atomic E-state index is -0.0977. The molecule has 6 nitrogen and oxygen atoms in total. The molecule has 1 heterocycles. The van der Waals surface area contributed by atoms with Gasteiger partial charge in [-0.3, -0.25) is 4.79 Å². The molecule has 1 aliphatic rings. The van der Waals surface area contributed by atoms with E-state index < -0.39 is 0 Å². The zero-order valence-corrected chi connectivity index (χ0v) is 18.1. The fraction of sp³-hybridized carbons (Fsp3) is 0.348. The van der Waals surface area contributed by atoms with Crippen molar-refractivity contribution in [3.63, 3.8) is 0 Å².